The Balaban J connectivity index is 1.62. The minimum atomic E-state index is -1.01. The number of carbonyl (C=O) groups excluding carboxylic acids is 1. The Morgan fingerprint density at radius 1 is 1.06 bits per heavy atom. The van der Waals surface area contributed by atoms with E-state index in [1.54, 1.807) is 50.6 Å². The van der Waals surface area contributed by atoms with Crippen molar-refractivity contribution in [1.29, 1.82) is 0 Å². The fourth-order valence-corrected chi connectivity index (χ4v) is 3.08. The molecule has 2 heterocycles. The van der Waals surface area contributed by atoms with Gasteiger partial charge < -0.3 is 25.0 Å². The number of aliphatic carboxylic acids is 1. The number of rotatable bonds is 10. The summed E-state index contributed by atoms with van der Waals surface area (Å²) in [5.41, 5.74) is 1.75. The Kier molecular flexibility index (Phi) is 8.33. The van der Waals surface area contributed by atoms with Gasteiger partial charge in [0, 0.05) is 58.5 Å². The molecule has 0 unspecified atom stereocenters. The van der Waals surface area contributed by atoms with Crippen LogP contribution >= 0.6 is 0 Å². The maximum Gasteiger partial charge on any atom is 0.414 e. The lowest BCUT2D eigenvalue weighted by Crippen LogP contribution is -2.32. The van der Waals surface area contributed by atoms with Crippen LogP contribution < -0.4 is 15.0 Å². The molecule has 0 radical (unpaired) electrons. The van der Waals surface area contributed by atoms with Crippen molar-refractivity contribution in [1.82, 2.24) is 19.9 Å². The number of amides is 1. The zero-order valence-corrected chi connectivity index (χ0v) is 19.4. The zero-order chi connectivity index (χ0) is 24.5. The maximum absolute atomic E-state index is 11.9. The minimum Gasteiger partial charge on any atom is -0.480 e. The zero-order valence-electron chi connectivity index (χ0n) is 19.4. The van der Waals surface area contributed by atoms with Crippen LogP contribution in [-0.2, 0) is 17.6 Å². The minimum absolute atomic E-state index is 0.214. The number of aromatic nitrogens is 3. The lowest BCUT2D eigenvalue weighted by molar-refractivity contribution is -0.137. The summed E-state index contributed by atoms with van der Waals surface area (Å²) in [6, 6.07) is 13.3. The molecule has 1 atom stereocenters. The van der Waals surface area contributed by atoms with E-state index in [1.165, 1.54) is 11.2 Å². The molecule has 0 aliphatic rings. The van der Waals surface area contributed by atoms with Gasteiger partial charge in [0.2, 0.25) is 0 Å². The van der Waals surface area contributed by atoms with Crippen LogP contribution in [0.4, 0.5) is 16.4 Å². The van der Waals surface area contributed by atoms with Crippen molar-refractivity contribution < 1.29 is 19.4 Å². The van der Waals surface area contributed by atoms with E-state index in [1.807, 2.05) is 30.1 Å². The summed E-state index contributed by atoms with van der Waals surface area (Å²) in [4.78, 5) is 39.6. The first-order valence-corrected chi connectivity index (χ1v) is 10.7. The fourth-order valence-electron chi connectivity index (χ4n) is 3.08. The molecule has 1 aromatic carbocycles. The van der Waals surface area contributed by atoms with Crippen molar-refractivity contribution >= 4 is 23.7 Å². The smallest absolute Gasteiger partial charge is 0.414 e. The first kappa shape index (κ1) is 24.4. The Morgan fingerprint density at radius 2 is 1.82 bits per heavy atom. The van der Waals surface area contributed by atoms with Crippen LogP contribution in [-0.4, -0.2) is 70.8 Å². The van der Waals surface area contributed by atoms with Gasteiger partial charge in [-0.2, -0.15) is 0 Å². The number of benzene rings is 1. The second-order valence-electron chi connectivity index (χ2n) is 7.90. The van der Waals surface area contributed by atoms with E-state index in [4.69, 9.17) is 4.74 Å². The van der Waals surface area contributed by atoms with E-state index in [0.29, 0.717) is 23.9 Å². The number of nitrogens with one attached hydrogen (secondary N) is 1. The van der Waals surface area contributed by atoms with Gasteiger partial charge in [-0.1, -0.05) is 18.2 Å². The summed E-state index contributed by atoms with van der Waals surface area (Å²) in [5, 5.41) is 12.7. The van der Waals surface area contributed by atoms with Crippen LogP contribution in [0.2, 0.25) is 0 Å². The van der Waals surface area contributed by atoms with Crippen LogP contribution in [0, 0.1) is 0 Å². The largest absolute Gasteiger partial charge is 0.480 e. The molecule has 10 heteroatoms. The quantitative estimate of drug-likeness (QED) is 0.466. The molecule has 178 valence electrons. The topological polar surface area (TPSA) is 121 Å². The van der Waals surface area contributed by atoms with Gasteiger partial charge in [0.15, 0.2) is 0 Å². The van der Waals surface area contributed by atoms with Crippen molar-refractivity contribution in [2.75, 3.05) is 37.9 Å². The first-order chi connectivity index (χ1) is 16.3. The van der Waals surface area contributed by atoms with E-state index >= 15 is 0 Å². The van der Waals surface area contributed by atoms with Crippen molar-refractivity contribution in [2.45, 2.75) is 18.9 Å². The highest BCUT2D eigenvalue weighted by Gasteiger charge is 2.19. The van der Waals surface area contributed by atoms with Gasteiger partial charge >= 0.3 is 12.1 Å². The summed E-state index contributed by atoms with van der Waals surface area (Å²) in [7, 11) is 5.10. The molecule has 0 spiro atoms. The standard InChI is InChI=1S/C24H28N6O4/c1-29(2)24(33)34-19-9-7-17(8-10-19)14-20(23(31)32)28-21-15-22(27-16-26-21)30(3)13-11-18-6-4-5-12-25-18/h4-10,12,15-16,20H,11,13-14H2,1-3H3,(H,31,32)(H,26,27,28)/t20-/m0/s1. The van der Waals surface area contributed by atoms with Crippen molar-refractivity contribution in [3.8, 4) is 5.75 Å². The highest BCUT2D eigenvalue weighted by Crippen LogP contribution is 2.18. The van der Waals surface area contributed by atoms with Crippen LogP contribution in [0.3, 0.4) is 0 Å². The number of hydrogen-bond acceptors (Lipinski definition) is 8. The average molecular weight is 465 g/mol. The van der Waals surface area contributed by atoms with Gasteiger partial charge in [0.1, 0.15) is 29.8 Å². The number of pyridine rings is 1. The third-order valence-electron chi connectivity index (χ3n) is 5.03. The van der Waals surface area contributed by atoms with Gasteiger partial charge in [0.05, 0.1) is 0 Å². The summed E-state index contributed by atoms with van der Waals surface area (Å²) in [6.07, 6.45) is 3.65. The Hall–Kier alpha value is -4.21. The third-order valence-corrected chi connectivity index (χ3v) is 5.03. The van der Waals surface area contributed by atoms with Gasteiger partial charge in [-0.15, -0.1) is 0 Å². The average Bonchev–Trinajstić information content (AvgIpc) is 2.84. The molecule has 10 nitrogen and oxygen atoms in total. The van der Waals surface area contributed by atoms with Gasteiger partial charge in [-0.25, -0.2) is 19.6 Å². The number of anilines is 2. The number of carbonyl (C=O) groups is 2. The fraction of sp³-hybridized carbons (Fsp3) is 0.292. The molecule has 2 N–H and O–H groups in total. The van der Waals surface area contributed by atoms with E-state index in [9.17, 15) is 14.7 Å². The molecule has 0 saturated carbocycles. The number of nitrogens with zero attached hydrogens (tertiary/aromatic N) is 5. The molecule has 34 heavy (non-hydrogen) atoms. The van der Waals surface area contributed by atoms with Gasteiger partial charge in [-0.05, 0) is 29.8 Å². The van der Waals surface area contributed by atoms with Crippen molar-refractivity contribution in [3.05, 3.63) is 72.3 Å². The van der Waals surface area contributed by atoms with Crippen molar-refractivity contribution in [2.24, 2.45) is 0 Å². The predicted molar refractivity (Wildman–Crippen MR) is 128 cm³/mol. The molecule has 0 saturated heterocycles. The normalized spacial score (nSPS) is 11.4. The van der Waals surface area contributed by atoms with Crippen molar-refractivity contribution in [3.63, 3.8) is 0 Å². The number of likely N-dealkylation sites (N-methyl/N-ethyl adjacent to an activating group) is 1. The third kappa shape index (κ3) is 7.16. The Labute approximate surface area is 198 Å². The Morgan fingerprint density at radius 3 is 2.47 bits per heavy atom. The summed E-state index contributed by atoms with van der Waals surface area (Å²) >= 11 is 0. The Bertz CT molecular complexity index is 1090. The molecule has 1 amide bonds. The number of carboxylic acids is 1. The van der Waals surface area contributed by atoms with Gasteiger partial charge in [0.25, 0.3) is 0 Å². The lowest BCUT2D eigenvalue weighted by Gasteiger charge is -2.20. The number of hydrogen-bond donors (Lipinski definition) is 2. The second kappa shape index (κ2) is 11.6. The van der Waals surface area contributed by atoms with Crippen LogP contribution in [0.25, 0.3) is 0 Å². The van der Waals surface area contributed by atoms with Crippen LogP contribution in [0.15, 0.2) is 61.1 Å². The molecule has 3 rings (SSSR count). The highest BCUT2D eigenvalue weighted by atomic mass is 16.6. The van der Waals surface area contributed by atoms with Gasteiger partial charge in [-0.3, -0.25) is 4.98 Å². The lowest BCUT2D eigenvalue weighted by atomic mass is 10.1. The summed E-state index contributed by atoms with van der Waals surface area (Å²) in [6.45, 7) is 0.695. The van der Waals surface area contributed by atoms with Crippen LogP contribution in [0.1, 0.15) is 11.3 Å². The molecule has 0 aliphatic heterocycles. The summed E-state index contributed by atoms with van der Waals surface area (Å²) in [5.74, 6) is 0.464. The molecular weight excluding hydrogens is 436 g/mol. The number of ether oxygens (including phenoxy) is 1. The van der Waals surface area contributed by atoms with E-state index < -0.39 is 18.1 Å². The van der Waals surface area contributed by atoms with E-state index in [2.05, 4.69) is 20.3 Å². The monoisotopic (exact) mass is 464 g/mol. The molecular formula is C24H28N6O4. The number of carboxylic acid groups (broad SMARTS) is 1. The molecule has 2 aromatic heterocycles. The SMILES string of the molecule is CN(C)C(=O)Oc1ccc(C[C@H](Nc2cc(N(C)CCc3ccccn3)ncn2)C(=O)O)cc1. The van der Waals surface area contributed by atoms with Crippen LogP contribution in [0.5, 0.6) is 5.75 Å². The highest BCUT2D eigenvalue weighted by molar-refractivity contribution is 5.77. The molecule has 0 fully saturated rings. The molecule has 0 aliphatic carbocycles. The van der Waals surface area contributed by atoms with E-state index in [-0.39, 0.29) is 6.42 Å². The maximum atomic E-state index is 11.9. The second-order valence-corrected chi connectivity index (χ2v) is 7.90. The predicted octanol–water partition coefficient (Wildman–Crippen LogP) is 2.72. The first-order valence-electron chi connectivity index (χ1n) is 10.7. The molecule has 0 bridgehead atoms. The molecule has 3 aromatic rings. The summed E-state index contributed by atoms with van der Waals surface area (Å²) < 4.78 is 5.19. The van der Waals surface area contributed by atoms with E-state index in [0.717, 1.165) is 17.7 Å².